The van der Waals surface area contributed by atoms with Gasteiger partial charge in [0.2, 0.25) is 5.91 Å². The van der Waals surface area contributed by atoms with Crippen LogP contribution in [0.1, 0.15) is 49.2 Å². The molecule has 0 unspecified atom stereocenters. The number of nitrogens with one attached hydrogen (secondary N) is 2. The van der Waals surface area contributed by atoms with Gasteiger partial charge in [-0.3, -0.25) is 4.79 Å². The number of quaternary nitrogens is 1. The molecule has 1 atom stereocenters. The van der Waals surface area contributed by atoms with Crippen molar-refractivity contribution in [2.45, 2.75) is 65.0 Å². The van der Waals surface area contributed by atoms with Crippen LogP contribution in [0.4, 0.5) is 23.7 Å². The second kappa shape index (κ2) is 17.9. The molecule has 3 aromatic carbocycles. The smallest absolute Gasteiger partial charge is 0.430 e. The van der Waals surface area contributed by atoms with E-state index in [2.05, 4.69) is 36.6 Å². The molecule has 3 amide bonds. The lowest BCUT2D eigenvalue weighted by atomic mass is 10.0. The minimum atomic E-state index is -5.19. The molecule has 1 heterocycles. The minimum Gasteiger partial charge on any atom is -0.542 e. The van der Waals surface area contributed by atoms with E-state index >= 15 is 0 Å². The molecule has 15 heteroatoms. The number of urea groups is 1. The summed E-state index contributed by atoms with van der Waals surface area (Å²) in [6.45, 7) is 11.5. The molecule has 276 valence electrons. The van der Waals surface area contributed by atoms with Crippen LogP contribution in [0.15, 0.2) is 72.8 Å². The third-order valence-corrected chi connectivity index (χ3v) is 8.63. The summed E-state index contributed by atoms with van der Waals surface area (Å²) in [6.07, 6.45) is -5.17. The molecule has 1 saturated heterocycles. The number of phenols is 1. The highest BCUT2D eigenvalue weighted by atomic mass is 35.5. The van der Waals surface area contributed by atoms with E-state index in [4.69, 9.17) is 26.2 Å². The molecule has 1 aliphatic heterocycles. The van der Waals surface area contributed by atoms with Gasteiger partial charge in [0.15, 0.2) is 0 Å². The second-order valence-corrected chi connectivity index (χ2v) is 13.1. The molecular weight excluding hydrogens is 693 g/mol. The van der Waals surface area contributed by atoms with Crippen molar-refractivity contribution in [2.75, 3.05) is 31.5 Å². The number of aliphatic carboxylic acids is 1. The Labute approximate surface area is 299 Å². The maximum Gasteiger partial charge on any atom is 0.430 e. The average Bonchev–Trinajstić information content (AvgIpc) is 3.06. The third kappa shape index (κ3) is 12.5. The summed E-state index contributed by atoms with van der Waals surface area (Å²) >= 11 is 6.10. The number of carboxylic acid groups (broad SMARTS) is 1. The third-order valence-electron chi connectivity index (χ3n) is 8.38. The summed E-state index contributed by atoms with van der Waals surface area (Å²) in [5.41, 5.74) is 2.86. The number of phenolic OH excluding ortho intramolecular Hbond substituents is 1. The van der Waals surface area contributed by atoms with E-state index in [1.807, 2.05) is 17.0 Å². The van der Waals surface area contributed by atoms with Crippen LogP contribution in [-0.2, 0) is 27.3 Å². The fraction of sp³-hybridized carbons (Fsp3) is 0.389. The molecule has 0 spiro atoms. The first kappa shape index (κ1) is 40.6. The second-order valence-electron chi connectivity index (χ2n) is 12.7. The van der Waals surface area contributed by atoms with E-state index in [0.717, 1.165) is 29.7 Å². The highest BCUT2D eigenvalue weighted by Crippen LogP contribution is 2.25. The van der Waals surface area contributed by atoms with Crippen LogP contribution < -0.4 is 15.7 Å². The Kier molecular flexibility index (Phi) is 14.3. The van der Waals surface area contributed by atoms with Crippen molar-refractivity contribution in [1.82, 2.24) is 10.2 Å². The number of amides is 3. The lowest BCUT2D eigenvalue weighted by Crippen LogP contribution is -2.64. The van der Waals surface area contributed by atoms with Gasteiger partial charge in [0.05, 0.1) is 43.9 Å². The molecule has 1 fully saturated rings. The predicted molar refractivity (Wildman–Crippen MR) is 183 cm³/mol. The minimum absolute atomic E-state index is 0.127. The van der Waals surface area contributed by atoms with Crippen LogP contribution in [0, 0.1) is 0 Å². The highest BCUT2D eigenvalue weighted by Gasteiger charge is 2.39. The van der Waals surface area contributed by atoms with Gasteiger partial charge in [-0.05, 0) is 81.8 Å². The lowest BCUT2D eigenvalue weighted by Gasteiger charge is -2.48. The summed E-state index contributed by atoms with van der Waals surface area (Å²) in [4.78, 5) is 49.8. The van der Waals surface area contributed by atoms with Crippen LogP contribution in [0.3, 0.4) is 0 Å². The molecular formula is C36H42ClF3N4O7. The number of carbonyl (C=O) groups excluding carboxylic acids is 4. The molecule has 0 bridgehead atoms. The Morgan fingerprint density at radius 3 is 1.92 bits per heavy atom. The first-order valence-corrected chi connectivity index (χ1v) is 16.6. The zero-order chi connectivity index (χ0) is 37.9. The molecule has 0 aromatic heterocycles. The van der Waals surface area contributed by atoms with Gasteiger partial charge >= 0.3 is 18.2 Å². The maximum atomic E-state index is 13.9. The number of esters is 1. The van der Waals surface area contributed by atoms with Crippen LogP contribution in [0.2, 0.25) is 5.02 Å². The lowest BCUT2D eigenvalue weighted by molar-refractivity contribution is -0.963. The number of hydrogen-bond acceptors (Lipinski definition) is 7. The van der Waals surface area contributed by atoms with Gasteiger partial charge in [0.1, 0.15) is 24.3 Å². The molecule has 3 N–H and O–H groups in total. The normalized spacial score (nSPS) is 14.6. The van der Waals surface area contributed by atoms with Crippen molar-refractivity contribution >= 4 is 41.2 Å². The fourth-order valence-electron chi connectivity index (χ4n) is 5.48. The first-order valence-electron chi connectivity index (χ1n) is 16.2. The molecule has 4 rings (SSSR count). The Bertz CT molecular complexity index is 1630. The fourth-order valence-corrected chi connectivity index (χ4v) is 5.61. The van der Waals surface area contributed by atoms with E-state index in [-0.39, 0.29) is 24.2 Å². The number of hydrogen-bond donors (Lipinski definition) is 3. The number of anilines is 1. The number of alkyl halides is 3. The van der Waals surface area contributed by atoms with Crippen molar-refractivity contribution in [2.24, 2.45) is 0 Å². The maximum absolute atomic E-state index is 13.9. The van der Waals surface area contributed by atoms with E-state index in [1.165, 1.54) is 5.56 Å². The number of nitrogens with zero attached hydrogens (tertiary/aromatic N) is 2. The standard InChI is InChI=1S/C34H41ClN4O5.C2HF3O2/c1-23(2)39(22-26-5-11-28(35)12-6-26)19-17-38(18-20-39)32(41)31(21-25-7-15-30(40)16-8-25)37-34(43)36-29-13-9-27(10-14-29)33(42)44-24(3)4;3-2(4,5)1(6)7/h5-16,23-24,31H,17-22H2,1-4H3,(H2-,36,37,40,42,43);(H,6,7)/t31-;/m0./s1. The van der Waals surface area contributed by atoms with Gasteiger partial charge in [-0.2, -0.15) is 13.2 Å². The Morgan fingerprint density at radius 2 is 1.43 bits per heavy atom. The van der Waals surface area contributed by atoms with Gasteiger partial charge in [-0.25, -0.2) is 9.59 Å². The van der Waals surface area contributed by atoms with E-state index in [9.17, 15) is 32.7 Å². The zero-order valence-electron chi connectivity index (χ0n) is 28.7. The summed E-state index contributed by atoms with van der Waals surface area (Å²) in [5.74, 6) is -3.48. The van der Waals surface area contributed by atoms with Crippen LogP contribution in [-0.4, -0.2) is 88.9 Å². The number of carboxylic acids is 1. The molecule has 0 radical (unpaired) electrons. The van der Waals surface area contributed by atoms with Gasteiger partial charge < -0.3 is 39.8 Å². The molecule has 0 saturated carbocycles. The van der Waals surface area contributed by atoms with Crippen LogP contribution in [0.5, 0.6) is 5.75 Å². The molecule has 1 aliphatic rings. The monoisotopic (exact) mass is 734 g/mol. The number of rotatable bonds is 10. The van der Waals surface area contributed by atoms with Gasteiger partial charge in [0.25, 0.3) is 0 Å². The Morgan fingerprint density at radius 1 is 0.902 bits per heavy atom. The summed E-state index contributed by atoms with van der Waals surface area (Å²) in [6, 6.07) is 19.9. The Hall–Kier alpha value is -4.82. The van der Waals surface area contributed by atoms with Gasteiger partial charge in [0, 0.05) is 22.7 Å². The van der Waals surface area contributed by atoms with Gasteiger partial charge in [-0.1, -0.05) is 35.9 Å². The largest absolute Gasteiger partial charge is 0.542 e. The van der Waals surface area contributed by atoms with Crippen molar-refractivity contribution in [3.8, 4) is 5.75 Å². The van der Waals surface area contributed by atoms with Crippen molar-refractivity contribution in [3.63, 3.8) is 0 Å². The number of carbonyl (C=O) groups is 4. The summed E-state index contributed by atoms with van der Waals surface area (Å²) < 4.78 is 37.6. The number of piperazine rings is 1. The topological polar surface area (TPSA) is 148 Å². The van der Waals surface area contributed by atoms with Gasteiger partial charge in [-0.15, -0.1) is 0 Å². The number of ether oxygens (including phenoxy) is 1. The highest BCUT2D eigenvalue weighted by molar-refractivity contribution is 6.30. The van der Waals surface area contributed by atoms with E-state index in [1.54, 1.807) is 62.4 Å². The summed E-state index contributed by atoms with van der Waals surface area (Å²) in [7, 11) is 0. The van der Waals surface area contributed by atoms with Crippen molar-refractivity contribution in [1.29, 1.82) is 0 Å². The number of aromatic hydroxyl groups is 1. The number of benzene rings is 3. The molecule has 3 aromatic rings. The zero-order valence-corrected chi connectivity index (χ0v) is 29.5. The van der Waals surface area contributed by atoms with Crippen molar-refractivity contribution < 1.29 is 51.8 Å². The first-order chi connectivity index (χ1) is 23.9. The van der Waals surface area contributed by atoms with Crippen molar-refractivity contribution in [3.05, 3.63) is 94.5 Å². The molecule has 11 nitrogen and oxygen atoms in total. The molecule has 0 aliphatic carbocycles. The van der Waals surface area contributed by atoms with Crippen LogP contribution >= 0.6 is 11.6 Å². The number of halogens is 4. The van der Waals surface area contributed by atoms with E-state index in [0.29, 0.717) is 35.4 Å². The SMILES string of the molecule is CC(C)OC(=O)c1ccc(NC(=O)N[C@@H](Cc2ccc(O)cc2)C(=O)N2CC[N+](Cc3ccc(Cl)cc3)(C(C)C)CC2)cc1.O=C([O-])C(F)(F)F. The quantitative estimate of drug-likeness (QED) is 0.198. The predicted octanol–water partition coefficient (Wildman–Crippen LogP) is 4.91. The molecule has 51 heavy (non-hydrogen) atoms. The summed E-state index contributed by atoms with van der Waals surface area (Å²) in [5, 5.41) is 24.9. The Balaban J connectivity index is 0.000000908. The van der Waals surface area contributed by atoms with E-state index < -0.39 is 30.2 Å². The van der Waals surface area contributed by atoms with Crippen LogP contribution in [0.25, 0.3) is 0 Å². The average molecular weight is 735 g/mol.